The standard InChI is InChI=1S/C16H20N2O4/c1-20-15(21-2)10-18-16(19)12-8-13(17-9-12)11-22-14-6-4-3-5-7-14/h3-8,15H,9-11H2,1-2H3,(H,18,19). The molecule has 0 saturated carbocycles. The number of hydrogen-bond donors (Lipinski definition) is 1. The molecule has 1 aromatic carbocycles. The molecule has 1 aliphatic heterocycles. The van der Waals surface area contributed by atoms with Crippen LogP contribution < -0.4 is 10.1 Å². The zero-order chi connectivity index (χ0) is 15.8. The van der Waals surface area contributed by atoms with Crippen molar-refractivity contribution in [1.29, 1.82) is 0 Å². The van der Waals surface area contributed by atoms with E-state index in [0.717, 1.165) is 11.5 Å². The summed E-state index contributed by atoms with van der Waals surface area (Å²) in [6, 6.07) is 9.49. The van der Waals surface area contributed by atoms with Gasteiger partial charge in [-0.05, 0) is 18.2 Å². The van der Waals surface area contributed by atoms with Gasteiger partial charge in [0.2, 0.25) is 5.91 Å². The Morgan fingerprint density at radius 3 is 2.68 bits per heavy atom. The van der Waals surface area contributed by atoms with Crippen LogP contribution in [0.5, 0.6) is 5.75 Å². The molecule has 0 atom stereocenters. The molecule has 0 spiro atoms. The summed E-state index contributed by atoms with van der Waals surface area (Å²) in [4.78, 5) is 16.3. The van der Waals surface area contributed by atoms with Gasteiger partial charge in [-0.2, -0.15) is 0 Å². The number of carbonyl (C=O) groups excluding carboxylic acids is 1. The summed E-state index contributed by atoms with van der Waals surface area (Å²) in [5, 5.41) is 2.75. The van der Waals surface area contributed by atoms with E-state index >= 15 is 0 Å². The van der Waals surface area contributed by atoms with E-state index in [-0.39, 0.29) is 5.91 Å². The van der Waals surface area contributed by atoms with E-state index in [1.165, 1.54) is 14.2 Å². The van der Waals surface area contributed by atoms with Gasteiger partial charge in [0.1, 0.15) is 12.4 Å². The van der Waals surface area contributed by atoms with E-state index < -0.39 is 6.29 Å². The zero-order valence-corrected chi connectivity index (χ0v) is 12.7. The van der Waals surface area contributed by atoms with E-state index in [4.69, 9.17) is 14.2 Å². The molecule has 6 nitrogen and oxygen atoms in total. The predicted octanol–water partition coefficient (Wildman–Crippen LogP) is 1.18. The van der Waals surface area contributed by atoms with E-state index in [1.807, 2.05) is 30.3 Å². The normalized spacial score (nSPS) is 13.8. The van der Waals surface area contributed by atoms with E-state index in [1.54, 1.807) is 6.08 Å². The summed E-state index contributed by atoms with van der Waals surface area (Å²) in [6.45, 7) is 1.00. The largest absolute Gasteiger partial charge is 0.487 e. The Bertz CT molecular complexity index is 551. The summed E-state index contributed by atoms with van der Waals surface area (Å²) in [6.07, 6.45) is 1.31. The second-order valence-corrected chi connectivity index (χ2v) is 4.69. The average Bonchev–Trinajstić information content (AvgIpc) is 3.04. The Morgan fingerprint density at radius 1 is 1.27 bits per heavy atom. The Hall–Kier alpha value is -2.18. The van der Waals surface area contributed by atoms with E-state index in [9.17, 15) is 4.79 Å². The van der Waals surface area contributed by atoms with Crippen molar-refractivity contribution in [3.05, 3.63) is 42.0 Å². The quantitative estimate of drug-likeness (QED) is 0.732. The smallest absolute Gasteiger partial charge is 0.249 e. The fourth-order valence-electron chi connectivity index (χ4n) is 1.93. The number of amides is 1. The molecular formula is C16H20N2O4. The first kappa shape index (κ1) is 16.2. The maximum absolute atomic E-state index is 12.0. The van der Waals surface area contributed by atoms with Crippen LogP contribution in [0.2, 0.25) is 0 Å². The van der Waals surface area contributed by atoms with Crippen LogP contribution in [0.4, 0.5) is 0 Å². The third kappa shape index (κ3) is 4.68. The molecule has 118 valence electrons. The lowest BCUT2D eigenvalue weighted by molar-refractivity contribution is -0.124. The number of aliphatic imine (C=N–C) groups is 1. The third-order valence-corrected chi connectivity index (χ3v) is 3.17. The Balaban J connectivity index is 1.79. The highest BCUT2D eigenvalue weighted by Crippen LogP contribution is 2.11. The molecule has 0 unspecified atom stereocenters. The van der Waals surface area contributed by atoms with Crippen LogP contribution in [-0.4, -0.2) is 51.8 Å². The monoisotopic (exact) mass is 304 g/mol. The number of nitrogens with one attached hydrogen (secondary N) is 1. The van der Waals surface area contributed by atoms with Gasteiger partial charge < -0.3 is 19.5 Å². The number of carbonyl (C=O) groups is 1. The summed E-state index contributed by atoms with van der Waals surface area (Å²) < 4.78 is 15.6. The summed E-state index contributed by atoms with van der Waals surface area (Å²) in [5.74, 6) is 0.608. The van der Waals surface area contributed by atoms with Crippen molar-refractivity contribution >= 4 is 11.6 Å². The lowest BCUT2D eigenvalue weighted by atomic mass is 10.2. The van der Waals surface area contributed by atoms with Crippen molar-refractivity contribution in [2.75, 3.05) is 33.9 Å². The first-order valence-corrected chi connectivity index (χ1v) is 6.98. The molecule has 0 aliphatic carbocycles. The molecule has 0 fully saturated rings. The molecule has 6 heteroatoms. The summed E-state index contributed by atoms with van der Waals surface area (Å²) >= 11 is 0. The van der Waals surface area contributed by atoms with Crippen LogP contribution >= 0.6 is 0 Å². The predicted molar refractivity (Wildman–Crippen MR) is 83.1 cm³/mol. The van der Waals surface area contributed by atoms with Gasteiger partial charge in [0, 0.05) is 19.8 Å². The number of nitrogens with zero attached hydrogens (tertiary/aromatic N) is 1. The third-order valence-electron chi connectivity index (χ3n) is 3.17. The highest BCUT2D eigenvalue weighted by Gasteiger charge is 2.17. The Morgan fingerprint density at radius 2 is 2.00 bits per heavy atom. The Labute approximate surface area is 129 Å². The van der Waals surface area contributed by atoms with E-state index in [2.05, 4.69) is 10.3 Å². The van der Waals surface area contributed by atoms with Crippen molar-refractivity contribution in [3.63, 3.8) is 0 Å². The van der Waals surface area contributed by atoms with Gasteiger partial charge in [-0.15, -0.1) is 0 Å². The maximum Gasteiger partial charge on any atom is 0.249 e. The maximum atomic E-state index is 12.0. The number of hydrogen-bond acceptors (Lipinski definition) is 5. The average molecular weight is 304 g/mol. The molecule has 0 aromatic heterocycles. The van der Waals surface area contributed by atoms with Gasteiger partial charge in [-0.1, -0.05) is 18.2 Å². The number of para-hydroxylation sites is 1. The molecule has 2 rings (SSSR count). The van der Waals surface area contributed by atoms with Crippen LogP contribution in [0.1, 0.15) is 0 Å². The minimum atomic E-state index is -0.451. The van der Waals surface area contributed by atoms with Crippen LogP contribution in [0.3, 0.4) is 0 Å². The van der Waals surface area contributed by atoms with Crippen LogP contribution in [0.25, 0.3) is 0 Å². The zero-order valence-electron chi connectivity index (χ0n) is 12.7. The van der Waals surface area contributed by atoms with Crippen molar-refractivity contribution in [2.24, 2.45) is 4.99 Å². The van der Waals surface area contributed by atoms with Gasteiger partial charge in [0.15, 0.2) is 6.29 Å². The Kier molecular flexibility index (Phi) is 6.12. The van der Waals surface area contributed by atoms with Gasteiger partial charge in [0.25, 0.3) is 0 Å². The van der Waals surface area contributed by atoms with Gasteiger partial charge in [0.05, 0.1) is 18.8 Å². The number of ether oxygens (including phenoxy) is 3. The molecular weight excluding hydrogens is 284 g/mol. The lowest BCUT2D eigenvalue weighted by Crippen LogP contribution is -2.35. The first-order chi connectivity index (χ1) is 10.7. The van der Waals surface area contributed by atoms with Crippen molar-refractivity contribution in [3.8, 4) is 5.75 Å². The minimum absolute atomic E-state index is 0.169. The minimum Gasteiger partial charge on any atom is -0.487 e. The summed E-state index contributed by atoms with van der Waals surface area (Å²) in [5.41, 5.74) is 1.36. The molecule has 0 radical (unpaired) electrons. The van der Waals surface area contributed by atoms with Gasteiger partial charge in [-0.25, -0.2) is 0 Å². The topological polar surface area (TPSA) is 69.2 Å². The molecule has 22 heavy (non-hydrogen) atoms. The molecule has 1 aliphatic rings. The van der Waals surface area contributed by atoms with Crippen molar-refractivity contribution in [2.45, 2.75) is 6.29 Å². The van der Waals surface area contributed by atoms with Crippen LogP contribution in [0.15, 0.2) is 47.0 Å². The second-order valence-electron chi connectivity index (χ2n) is 4.69. The number of benzene rings is 1. The first-order valence-electron chi connectivity index (χ1n) is 6.98. The number of methoxy groups -OCH3 is 2. The molecule has 0 saturated heterocycles. The van der Waals surface area contributed by atoms with Crippen LogP contribution in [0, 0.1) is 0 Å². The molecule has 0 bridgehead atoms. The van der Waals surface area contributed by atoms with Crippen molar-refractivity contribution in [1.82, 2.24) is 5.32 Å². The SMILES string of the molecule is COC(CNC(=O)C1=CC(COc2ccccc2)=NC1)OC. The molecule has 1 heterocycles. The van der Waals surface area contributed by atoms with Crippen LogP contribution in [-0.2, 0) is 14.3 Å². The summed E-state index contributed by atoms with van der Waals surface area (Å²) in [7, 11) is 3.05. The highest BCUT2D eigenvalue weighted by atomic mass is 16.7. The molecule has 1 N–H and O–H groups in total. The highest BCUT2D eigenvalue weighted by molar-refractivity contribution is 6.07. The lowest BCUT2D eigenvalue weighted by Gasteiger charge is -2.13. The molecule has 1 amide bonds. The van der Waals surface area contributed by atoms with Crippen molar-refractivity contribution < 1.29 is 19.0 Å². The fourth-order valence-corrected chi connectivity index (χ4v) is 1.93. The van der Waals surface area contributed by atoms with E-state index in [0.29, 0.717) is 25.3 Å². The fraction of sp³-hybridized carbons (Fsp3) is 0.375. The number of rotatable bonds is 8. The second kappa shape index (κ2) is 8.31. The van der Waals surface area contributed by atoms with Gasteiger partial charge >= 0.3 is 0 Å². The van der Waals surface area contributed by atoms with Gasteiger partial charge in [-0.3, -0.25) is 9.79 Å². The molecule has 1 aromatic rings.